The predicted molar refractivity (Wildman–Crippen MR) is 61.4 cm³/mol. The van der Waals surface area contributed by atoms with Gasteiger partial charge in [-0.25, -0.2) is 4.39 Å². The molecule has 2 N–H and O–H groups in total. The molecule has 0 heterocycles. The number of carbonyl (C=O) groups excluding carboxylic acids is 1. The standard InChI is InChI=1S/C12H17FN2O/c1-15(8-4-7-14)12(16)9-10-5-2-3-6-11(10)13/h2-3,5-6H,4,7-9,14H2,1H3. The second-order valence-electron chi connectivity index (χ2n) is 3.73. The zero-order valence-corrected chi connectivity index (χ0v) is 9.45. The predicted octanol–water partition coefficient (Wildman–Crippen LogP) is 1.18. The molecule has 0 bridgehead atoms. The van der Waals surface area contributed by atoms with Gasteiger partial charge in [-0.2, -0.15) is 0 Å². The van der Waals surface area contributed by atoms with Crippen LogP contribution in [0.3, 0.4) is 0 Å². The van der Waals surface area contributed by atoms with Crippen molar-refractivity contribution >= 4 is 5.91 Å². The number of nitrogens with two attached hydrogens (primary N) is 1. The third-order valence-electron chi connectivity index (χ3n) is 2.42. The summed E-state index contributed by atoms with van der Waals surface area (Å²) >= 11 is 0. The van der Waals surface area contributed by atoms with Gasteiger partial charge >= 0.3 is 0 Å². The number of amides is 1. The van der Waals surface area contributed by atoms with E-state index in [0.29, 0.717) is 18.7 Å². The summed E-state index contributed by atoms with van der Waals surface area (Å²) in [4.78, 5) is 13.3. The Hall–Kier alpha value is -1.42. The van der Waals surface area contributed by atoms with Crippen molar-refractivity contribution in [1.82, 2.24) is 4.90 Å². The lowest BCUT2D eigenvalue weighted by Crippen LogP contribution is -2.30. The minimum absolute atomic E-state index is 0.0847. The Morgan fingerprint density at radius 2 is 2.12 bits per heavy atom. The molecule has 0 aromatic heterocycles. The Kier molecular flexibility index (Phi) is 4.92. The van der Waals surface area contributed by atoms with Crippen LogP contribution < -0.4 is 5.73 Å². The smallest absolute Gasteiger partial charge is 0.226 e. The summed E-state index contributed by atoms with van der Waals surface area (Å²) in [5.41, 5.74) is 5.79. The molecule has 0 spiro atoms. The largest absolute Gasteiger partial charge is 0.345 e. The van der Waals surface area contributed by atoms with Gasteiger partial charge in [-0.3, -0.25) is 4.79 Å². The summed E-state index contributed by atoms with van der Waals surface area (Å²) < 4.78 is 13.3. The van der Waals surface area contributed by atoms with Crippen molar-refractivity contribution in [2.45, 2.75) is 12.8 Å². The Morgan fingerprint density at radius 3 is 2.75 bits per heavy atom. The molecule has 1 rings (SSSR count). The SMILES string of the molecule is CN(CCCN)C(=O)Cc1ccccc1F. The lowest BCUT2D eigenvalue weighted by Gasteiger charge is -2.16. The Bertz CT molecular complexity index is 355. The highest BCUT2D eigenvalue weighted by atomic mass is 19.1. The molecule has 16 heavy (non-hydrogen) atoms. The first-order chi connectivity index (χ1) is 7.65. The number of nitrogens with zero attached hydrogens (tertiary/aromatic N) is 1. The van der Waals surface area contributed by atoms with Gasteiger partial charge in [-0.15, -0.1) is 0 Å². The third kappa shape index (κ3) is 3.62. The minimum Gasteiger partial charge on any atom is -0.345 e. The van der Waals surface area contributed by atoms with Crippen LogP contribution in [0.25, 0.3) is 0 Å². The first-order valence-corrected chi connectivity index (χ1v) is 5.32. The van der Waals surface area contributed by atoms with Gasteiger partial charge in [0.05, 0.1) is 6.42 Å². The second-order valence-corrected chi connectivity index (χ2v) is 3.73. The number of rotatable bonds is 5. The number of hydrogen-bond donors (Lipinski definition) is 1. The topological polar surface area (TPSA) is 46.3 Å². The number of likely N-dealkylation sites (N-methyl/N-ethyl adjacent to an activating group) is 1. The summed E-state index contributed by atoms with van der Waals surface area (Å²) in [5.74, 6) is -0.415. The van der Waals surface area contributed by atoms with Crippen LogP contribution in [0, 0.1) is 5.82 Å². The highest BCUT2D eigenvalue weighted by molar-refractivity contribution is 5.78. The van der Waals surface area contributed by atoms with Crippen LogP contribution in [0.1, 0.15) is 12.0 Å². The van der Waals surface area contributed by atoms with E-state index in [1.807, 2.05) is 0 Å². The number of carbonyl (C=O) groups is 1. The first kappa shape index (κ1) is 12.6. The molecule has 0 saturated heterocycles. The molecule has 88 valence electrons. The van der Waals surface area contributed by atoms with Gasteiger partial charge in [0.25, 0.3) is 0 Å². The molecule has 3 nitrogen and oxygen atoms in total. The molecular formula is C12H17FN2O. The van der Waals surface area contributed by atoms with Crippen molar-refractivity contribution in [1.29, 1.82) is 0 Å². The average Bonchev–Trinajstić information content (AvgIpc) is 2.28. The summed E-state index contributed by atoms with van der Waals surface area (Å²) in [6.45, 7) is 1.17. The Labute approximate surface area is 95.0 Å². The fourth-order valence-electron chi connectivity index (χ4n) is 1.39. The fourth-order valence-corrected chi connectivity index (χ4v) is 1.39. The lowest BCUT2D eigenvalue weighted by molar-refractivity contribution is -0.129. The van der Waals surface area contributed by atoms with E-state index in [9.17, 15) is 9.18 Å². The number of hydrogen-bond acceptors (Lipinski definition) is 2. The summed E-state index contributed by atoms with van der Waals surface area (Å²) in [5, 5.41) is 0. The van der Waals surface area contributed by atoms with Gasteiger partial charge in [0.15, 0.2) is 0 Å². The van der Waals surface area contributed by atoms with Gasteiger partial charge in [0.2, 0.25) is 5.91 Å². The van der Waals surface area contributed by atoms with Crippen molar-refractivity contribution in [3.8, 4) is 0 Å². The third-order valence-corrected chi connectivity index (χ3v) is 2.42. The van der Waals surface area contributed by atoms with E-state index >= 15 is 0 Å². The molecule has 4 heteroatoms. The number of halogens is 1. The molecule has 0 fully saturated rings. The maximum absolute atomic E-state index is 13.3. The minimum atomic E-state index is -0.330. The molecule has 0 unspecified atom stereocenters. The van der Waals surface area contributed by atoms with Gasteiger partial charge < -0.3 is 10.6 Å². The molecule has 1 amide bonds. The summed E-state index contributed by atoms with van der Waals surface area (Å²) in [6, 6.07) is 6.33. The molecule has 0 atom stereocenters. The highest BCUT2D eigenvalue weighted by Gasteiger charge is 2.11. The van der Waals surface area contributed by atoms with Crippen LogP contribution in [0.15, 0.2) is 24.3 Å². The van der Waals surface area contributed by atoms with Gasteiger partial charge in [-0.1, -0.05) is 18.2 Å². The number of benzene rings is 1. The normalized spacial score (nSPS) is 10.2. The molecule has 0 aliphatic rings. The highest BCUT2D eigenvalue weighted by Crippen LogP contribution is 2.08. The maximum Gasteiger partial charge on any atom is 0.226 e. The fraction of sp³-hybridized carbons (Fsp3) is 0.417. The molecule has 0 aliphatic heterocycles. The molecule has 0 saturated carbocycles. The molecule has 1 aromatic rings. The van der Waals surface area contributed by atoms with E-state index in [1.165, 1.54) is 6.07 Å². The van der Waals surface area contributed by atoms with Crippen molar-refractivity contribution in [3.63, 3.8) is 0 Å². The lowest BCUT2D eigenvalue weighted by atomic mass is 10.1. The maximum atomic E-state index is 13.3. The molecule has 1 aromatic carbocycles. The van der Waals surface area contributed by atoms with E-state index in [4.69, 9.17) is 5.73 Å². The molecule has 0 radical (unpaired) electrons. The van der Waals surface area contributed by atoms with Gasteiger partial charge in [0.1, 0.15) is 5.82 Å². The Morgan fingerprint density at radius 1 is 1.44 bits per heavy atom. The zero-order valence-electron chi connectivity index (χ0n) is 9.45. The van der Waals surface area contributed by atoms with E-state index in [1.54, 1.807) is 30.1 Å². The van der Waals surface area contributed by atoms with Crippen LogP contribution in [0.2, 0.25) is 0 Å². The van der Waals surface area contributed by atoms with Crippen LogP contribution in [-0.2, 0) is 11.2 Å². The van der Waals surface area contributed by atoms with Gasteiger partial charge in [-0.05, 0) is 24.6 Å². The van der Waals surface area contributed by atoms with Crippen molar-refractivity contribution in [2.24, 2.45) is 5.73 Å². The Balaban J connectivity index is 2.54. The van der Waals surface area contributed by atoms with Crippen molar-refractivity contribution in [2.75, 3.05) is 20.1 Å². The van der Waals surface area contributed by atoms with Crippen molar-refractivity contribution < 1.29 is 9.18 Å². The van der Waals surface area contributed by atoms with Crippen LogP contribution in [-0.4, -0.2) is 30.9 Å². The summed E-state index contributed by atoms with van der Waals surface area (Å²) in [6.07, 6.45) is 0.868. The zero-order chi connectivity index (χ0) is 12.0. The van der Waals surface area contributed by atoms with E-state index in [2.05, 4.69) is 0 Å². The monoisotopic (exact) mass is 224 g/mol. The molecular weight excluding hydrogens is 207 g/mol. The van der Waals surface area contributed by atoms with Crippen LogP contribution in [0.4, 0.5) is 4.39 Å². The quantitative estimate of drug-likeness (QED) is 0.816. The average molecular weight is 224 g/mol. The van der Waals surface area contributed by atoms with Crippen LogP contribution in [0.5, 0.6) is 0 Å². The van der Waals surface area contributed by atoms with Gasteiger partial charge in [0, 0.05) is 13.6 Å². The van der Waals surface area contributed by atoms with E-state index in [-0.39, 0.29) is 18.1 Å². The van der Waals surface area contributed by atoms with E-state index < -0.39 is 0 Å². The molecule has 0 aliphatic carbocycles. The summed E-state index contributed by atoms with van der Waals surface area (Å²) in [7, 11) is 1.71. The van der Waals surface area contributed by atoms with Crippen molar-refractivity contribution in [3.05, 3.63) is 35.6 Å². The van der Waals surface area contributed by atoms with E-state index in [0.717, 1.165) is 6.42 Å². The first-order valence-electron chi connectivity index (χ1n) is 5.32. The second kappa shape index (κ2) is 6.23. The van der Waals surface area contributed by atoms with Crippen LogP contribution >= 0.6 is 0 Å².